The Hall–Kier alpha value is -2.77. The molecule has 0 saturated heterocycles. The molecule has 0 atom stereocenters. The summed E-state index contributed by atoms with van der Waals surface area (Å²) in [6.45, 7) is 7.69. The van der Waals surface area contributed by atoms with Crippen LogP contribution in [0.2, 0.25) is 5.02 Å². The number of carbonyl (C=O) groups excluding carboxylic acids is 1. The van der Waals surface area contributed by atoms with Gasteiger partial charge in [-0.2, -0.15) is 0 Å². The van der Waals surface area contributed by atoms with Crippen LogP contribution in [0.4, 0.5) is 0 Å². The molecule has 0 spiro atoms. The average Bonchev–Trinajstić information content (AvgIpc) is 3.21. The standard InChI is InChI=1S/C24H27ClN4O2S/c1-3-5-15-31-21-12-8-19(9-13-21)23-27-28-24(29(23)14-4-2)32-17-22(30)26-16-18-6-10-20(25)11-7-18/h4,6-13H,2-3,5,14-17H2,1H3,(H,26,30). The van der Waals surface area contributed by atoms with E-state index in [2.05, 4.69) is 29.0 Å². The third kappa shape index (κ3) is 6.87. The van der Waals surface area contributed by atoms with Crippen molar-refractivity contribution in [1.82, 2.24) is 20.1 Å². The van der Waals surface area contributed by atoms with Gasteiger partial charge in [0.2, 0.25) is 5.91 Å². The third-order valence-corrected chi connectivity index (χ3v) is 5.86. The molecular formula is C24H27ClN4O2S. The maximum absolute atomic E-state index is 12.3. The van der Waals surface area contributed by atoms with Gasteiger partial charge in [0.05, 0.1) is 12.4 Å². The Balaban J connectivity index is 1.60. The smallest absolute Gasteiger partial charge is 0.230 e. The predicted octanol–water partition coefficient (Wildman–Crippen LogP) is 5.37. The topological polar surface area (TPSA) is 69.0 Å². The minimum atomic E-state index is -0.0757. The summed E-state index contributed by atoms with van der Waals surface area (Å²) in [6, 6.07) is 15.2. The largest absolute Gasteiger partial charge is 0.494 e. The molecule has 8 heteroatoms. The SMILES string of the molecule is C=CCn1c(SCC(=O)NCc2ccc(Cl)cc2)nnc1-c1ccc(OCCCC)cc1. The van der Waals surface area contributed by atoms with E-state index < -0.39 is 0 Å². The van der Waals surface area contributed by atoms with E-state index in [-0.39, 0.29) is 11.7 Å². The normalized spacial score (nSPS) is 10.7. The minimum absolute atomic E-state index is 0.0757. The summed E-state index contributed by atoms with van der Waals surface area (Å²) in [6.07, 6.45) is 3.92. The molecule has 1 amide bonds. The van der Waals surface area contributed by atoms with Gasteiger partial charge in [-0.15, -0.1) is 16.8 Å². The highest BCUT2D eigenvalue weighted by Crippen LogP contribution is 2.26. The van der Waals surface area contributed by atoms with Gasteiger partial charge in [-0.05, 0) is 48.4 Å². The van der Waals surface area contributed by atoms with Crippen LogP contribution in [-0.2, 0) is 17.9 Å². The predicted molar refractivity (Wildman–Crippen MR) is 130 cm³/mol. The van der Waals surface area contributed by atoms with Crippen LogP contribution >= 0.6 is 23.4 Å². The highest BCUT2D eigenvalue weighted by atomic mass is 35.5. The molecule has 0 bridgehead atoms. The first-order valence-electron chi connectivity index (χ1n) is 10.5. The van der Waals surface area contributed by atoms with Crippen molar-refractivity contribution in [2.75, 3.05) is 12.4 Å². The van der Waals surface area contributed by atoms with Gasteiger partial charge in [0.1, 0.15) is 5.75 Å². The third-order valence-electron chi connectivity index (χ3n) is 4.64. The van der Waals surface area contributed by atoms with Crippen LogP contribution in [0, 0.1) is 0 Å². The van der Waals surface area contributed by atoms with Gasteiger partial charge in [0.15, 0.2) is 11.0 Å². The van der Waals surface area contributed by atoms with Gasteiger partial charge in [0.25, 0.3) is 0 Å². The van der Waals surface area contributed by atoms with Crippen molar-refractivity contribution in [2.45, 2.75) is 38.0 Å². The molecule has 32 heavy (non-hydrogen) atoms. The first kappa shape index (κ1) is 23.9. The van der Waals surface area contributed by atoms with Crippen molar-refractivity contribution >= 4 is 29.3 Å². The van der Waals surface area contributed by atoms with E-state index in [0.717, 1.165) is 35.5 Å². The Labute approximate surface area is 198 Å². The summed E-state index contributed by atoms with van der Waals surface area (Å²) in [5.41, 5.74) is 1.92. The summed E-state index contributed by atoms with van der Waals surface area (Å²) in [5, 5.41) is 12.9. The van der Waals surface area contributed by atoms with E-state index in [1.165, 1.54) is 11.8 Å². The van der Waals surface area contributed by atoms with Crippen molar-refractivity contribution in [3.63, 3.8) is 0 Å². The maximum Gasteiger partial charge on any atom is 0.230 e. The number of halogens is 1. The molecule has 1 heterocycles. The molecule has 0 aliphatic rings. The number of hydrogen-bond donors (Lipinski definition) is 1. The molecule has 3 rings (SSSR count). The van der Waals surface area contributed by atoms with Crippen molar-refractivity contribution in [2.24, 2.45) is 0 Å². The fraction of sp³-hybridized carbons (Fsp3) is 0.292. The molecule has 6 nitrogen and oxygen atoms in total. The van der Waals surface area contributed by atoms with Gasteiger partial charge in [0, 0.05) is 23.7 Å². The van der Waals surface area contributed by atoms with Crippen molar-refractivity contribution in [3.8, 4) is 17.1 Å². The van der Waals surface area contributed by atoms with Crippen molar-refractivity contribution < 1.29 is 9.53 Å². The van der Waals surface area contributed by atoms with E-state index in [4.69, 9.17) is 16.3 Å². The zero-order valence-electron chi connectivity index (χ0n) is 18.1. The Bertz CT molecular complexity index is 1020. The lowest BCUT2D eigenvalue weighted by Crippen LogP contribution is -2.24. The van der Waals surface area contributed by atoms with E-state index in [1.807, 2.05) is 41.0 Å². The second kappa shape index (κ2) is 12.3. The number of amides is 1. The van der Waals surface area contributed by atoms with Gasteiger partial charge in [-0.25, -0.2) is 0 Å². The van der Waals surface area contributed by atoms with Crippen molar-refractivity contribution in [3.05, 3.63) is 71.8 Å². The molecule has 0 radical (unpaired) electrons. The lowest BCUT2D eigenvalue weighted by molar-refractivity contribution is -0.118. The highest BCUT2D eigenvalue weighted by Gasteiger charge is 2.15. The lowest BCUT2D eigenvalue weighted by atomic mass is 10.2. The van der Waals surface area contributed by atoms with Gasteiger partial charge in [-0.3, -0.25) is 9.36 Å². The first-order valence-corrected chi connectivity index (χ1v) is 11.9. The number of nitrogens with one attached hydrogen (secondary N) is 1. The zero-order chi connectivity index (χ0) is 22.8. The van der Waals surface area contributed by atoms with Gasteiger partial charge in [-0.1, -0.05) is 54.9 Å². The van der Waals surface area contributed by atoms with Crippen LogP contribution in [0.5, 0.6) is 5.75 Å². The van der Waals surface area contributed by atoms with E-state index >= 15 is 0 Å². The summed E-state index contributed by atoms with van der Waals surface area (Å²) in [4.78, 5) is 12.3. The number of nitrogens with zero attached hydrogens (tertiary/aromatic N) is 3. The lowest BCUT2D eigenvalue weighted by Gasteiger charge is -2.09. The van der Waals surface area contributed by atoms with Crippen LogP contribution < -0.4 is 10.1 Å². The number of unbranched alkanes of at least 4 members (excludes halogenated alkanes) is 1. The molecular weight excluding hydrogens is 444 g/mol. The monoisotopic (exact) mass is 470 g/mol. The summed E-state index contributed by atoms with van der Waals surface area (Å²) >= 11 is 7.24. The second-order valence-corrected chi connectivity index (χ2v) is 8.50. The Morgan fingerprint density at radius 1 is 1.19 bits per heavy atom. The number of carbonyl (C=O) groups is 1. The molecule has 3 aromatic rings. The number of benzene rings is 2. The fourth-order valence-corrected chi connectivity index (χ4v) is 3.82. The number of thioether (sulfide) groups is 1. The number of hydrogen-bond acceptors (Lipinski definition) is 5. The van der Waals surface area contributed by atoms with Crippen LogP contribution in [0.3, 0.4) is 0 Å². The Morgan fingerprint density at radius 2 is 1.94 bits per heavy atom. The molecule has 2 aromatic carbocycles. The molecule has 1 N–H and O–H groups in total. The van der Waals surface area contributed by atoms with Crippen molar-refractivity contribution in [1.29, 1.82) is 0 Å². The minimum Gasteiger partial charge on any atom is -0.494 e. The van der Waals surface area contributed by atoms with Crippen LogP contribution in [0.15, 0.2) is 66.3 Å². The molecule has 0 unspecified atom stereocenters. The quantitative estimate of drug-likeness (QED) is 0.219. The zero-order valence-corrected chi connectivity index (χ0v) is 19.7. The summed E-state index contributed by atoms with van der Waals surface area (Å²) in [7, 11) is 0. The summed E-state index contributed by atoms with van der Waals surface area (Å²) in [5.74, 6) is 1.74. The average molecular weight is 471 g/mol. The molecule has 168 valence electrons. The first-order chi connectivity index (χ1) is 15.6. The molecule has 0 fully saturated rings. The number of aromatic nitrogens is 3. The second-order valence-electron chi connectivity index (χ2n) is 7.12. The van der Waals surface area contributed by atoms with Crippen LogP contribution in [0.1, 0.15) is 25.3 Å². The molecule has 0 aliphatic carbocycles. The molecule has 1 aromatic heterocycles. The highest BCUT2D eigenvalue weighted by molar-refractivity contribution is 7.99. The Kier molecular flexibility index (Phi) is 9.19. The number of rotatable bonds is 12. The van der Waals surface area contributed by atoms with Gasteiger partial charge < -0.3 is 10.1 Å². The fourth-order valence-electron chi connectivity index (χ4n) is 2.92. The van der Waals surface area contributed by atoms with E-state index in [1.54, 1.807) is 18.2 Å². The Morgan fingerprint density at radius 3 is 2.62 bits per heavy atom. The number of ether oxygens (including phenoxy) is 1. The van der Waals surface area contributed by atoms with Gasteiger partial charge >= 0.3 is 0 Å². The maximum atomic E-state index is 12.3. The molecule has 0 saturated carbocycles. The van der Waals surface area contributed by atoms with Crippen LogP contribution in [-0.4, -0.2) is 33.0 Å². The summed E-state index contributed by atoms with van der Waals surface area (Å²) < 4.78 is 7.69. The van der Waals surface area contributed by atoms with E-state index in [0.29, 0.717) is 29.9 Å². The van der Waals surface area contributed by atoms with Crippen LogP contribution in [0.25, 0.3) is 11.4 Å². The number of allylic oxidation sites excluding steroid dienone is 1. The molecule has 0 aliphatic heterocycles. The van der Waals surface area contributed by atoms with E-state index in [9.17, 15) is 4.79 Å².